The Morgan fingerprint density at radius 1 is 1.48 bits per heavy atom. The fourth-order valence-electron chi connectivity index (χ4n) is 2.38. The fraction of sp³-hybridized carbons (Fsp3) is 0.571. The number of aromatic nitrogens is 1. The predicted molar refractivity (Wildman–Crippen MR) is 82.2 cm³/mol. The summed E-state index contributed by atoms with van der Waals surface area (Å²) in [5.74, 6) is -0.0374. The molecule has 0 bridgehead atoms. The highest BCUT2D eigenvalue weighted by atomic mass is 32.2. The standard InChI is InChI=1S/C14H21N3O3S/c1-2-6-16-13-10-15-7-5-12(13)14(18)17-9-11-4-3-8-21(11,19)20/h5,7,10-11,16H,2-4,6,8-9H2,1H3,(H,17,18). The summed E-state index contributed by atoms with van der Waals surface area (Å²) in [4.78, 5) is 16.2. The summed E-state index contributed by atoms with van der Waals surface area (Å²) in [6, 6.07) is 1.64. The SMILES string of the molecule is CCCNc1cnccc1C(=O)NCC1CCCS1(=O)=O. The molecule has 6 nitrogen and oxygen atoms in total. The zero-order chi connectivity index (χ0) is 15.3. The zero-order valence-electron chi connectivity index (χ0n) is 12.1. The van der Waals surface area contributed by atoms with Crippen molar-refractivity contribution in [1.29, 1.82) is 0 Å². The van der Waals surface area contributed by atoms with E-state index in [1.54, 1.807) is 18.5 Å². The van der Waals surface area contributed by atoms with Crippen molar-refractivity contribution in [3.63, 3.8) is 0 Å². The van der Waals surface area contributed by atoms with Crippen molar-refractivity contribution in [1.82, 2.24) is 10.3 Å². The number of hydrogen-bond acceptors (Lipinski definition) is 5. The molecule has 0 spiro atoms. The largest absolute Gasteiger partial charge is 0.383 e. The molecule has 0 aliphatic carbocycles. The quantitative estimate of drug-likeness (QED) is 0.824. The minimum Gasteiger partial charge on any atom is -0.383 e. The van der Waals surface area contributed by atoms with Crippen LogP contribution < -0.4 is 10.6 Å². The second-order valence-electron chi connectivity index (χ2n) is 5.19. The third-order valence-electron chi connectivity index (χ3n) is 3.58. The number of hydrogen-bond donors (Lipinski definition) is 2. The molecule has 1 atom stereocenters. The maximum Gasteiger partial charge on any atom is 0.253 e. The third-order valence-corrected chi connectivity index (χ3v) is 5.86. The Hall–Kier alpha value is -1.63. The van der Waals surface area contributed by atoms with Gasteiger partial charge in [0.05, 0.1) is 28.5 Å². The molecule has 1 aromatic heterocycles. The molecule has 0 radical (unpaired) electrons. The van der Waals surface area contributed by atoms with Gasteiger partial charge in [0.25, 0.3) is 5.91 Å². The maximum absolute atomic E-state index is 12.2. The van der Waals surface area contributed by atoms with Crippen LogP contribution in [0.4, 0.5) is 5.69 Å². The number of amides is 1. The van der Waals surface area contributed by atoms with E-state index in [-0.39, 0.29) is 18.2 Å². The van der Waals surface area contributed by atoms with Crippen molar-refractivity contribution in [2.45, 2.75) is 31.4 Å². The van der Waals surface area contributed by atoms with Crippen LogP contribution in [-0.2, 0) is 9.84 Å². The Labute approximate surface area is 125 Å². The van der Waals surface area contributed by atoms with E-state index in [2.05, 4.69) is 15.6 Å². The summed E-state index contributed by atoms with van der Waals surface area (Å²) >= 11 is 0. The smallest absolute Gasteiger partial charge is 0.253 e. The number of nitrogens with zero attached hydrogens (tertiary/aromatic N) is 1. The molecule has 2 N–H and O–H groups in total. The second-order valence-corrected chi connectivity index (χ2v) is 7.59. The van der Waals surface area contributed by atoms with Crippen LogP contribution in [-0.4, -0.2) is 43.4 Å². The molecule has 7 heteroatoms. The Balaban J connectivity index is 2.00. The summed E-state index contributed by atoms with van der Waals surface area (Å²) in [6.45, 7) is 2.97. The van der Waals surface area contributed by atoms with Crippen molar-refractivity contribution >= 4 is 21.4 Å². The molecule has 2 heterocycles. The third kappa shape index (κ3) is 3.93. The van der Waals surface area contributed by atoms with Gasteiger partial charge in [-0.05, 0) is 25.3 Å². The number of anilines is 1. The van der Waals surface area contributed by atoms with Crippen LogP contribution in [0.1, 0.15) is 36.5 Å². The van der Waals surface area contributed by atoms with Crippen LogP contribution in [0.3, 0.4) is 0 Å². The highest BCUT2D eigenvalue weighted by molar-refractivity contribution is 7.92. The van der Waals surface area contributed by atoms with Crippen LogP contribution in [0, 0.1) is 0 Å². The van der Waals surface area contributed by atoms with Crippen LogP contribution >= 0.6 is 0 Å². The van der Waals surface area contributed by atoms with Gasteiger partial charge in [-0.3, -0.25) is 9.78 Å². The Morgan fingerprint density at radius 2 is 2.29 bits per heavy atom. The van der Waals surface area contributed by atoms with E-state index in [4.69, 9.17) is 0 Å². The molecule has 1 aromatic rings. The summed E-state index contributed by atoms with van der Waals surface area (Å²) in [5.41, 5.74) is 1.17. The summed E-state index contributed by atoms with van der Waals surface area (Å²) in [7, 11) is -3.03. The first-order valence-electron chi connectivity index (χ1n) is 7.22. The van der Waals surface area contributed by atoms with E-state index in [1.807, 2.05) is 6.92 Å². The average Bonchev–Trinajstić information content (AvgIpc) is 2.81. The topological polar surface area (TPSA) is 88.2 Å². The van der Waals surface area contributed by atoms with Crippen molar-refractivity contribution in [2.24, 2.45) is 0 Å². The van der Waals surface area contributed by atoms with E-state index in [0.717, 1.165) is 13.0 Å². The number of pyridine rings is 1. The van der Waals surface area contributed by atoms with Gasteiger partial charge in [-0.2, -0.15) is 0 Å². The van der Waals surface area contributed by atoms with Gasteiger partial charge in [-0.25, -0.2) is 8.42 Å². The Kier molecular flexibility index (Phi) is 5.17. The van der Waals surface area contributed by atoms with Crippen LogP contribution in [0.25, 0.3) is 0 Å². The molecule has 1 amide bonds. The van der Waals surface area contributed by atoms with E-state index in [0.29, 0.717) is 24.1 Å². The molecule has 2 rings (SSSR count). The van der Waals surface area contributed by atoms with Gasteiger partial charge >= 0.3 is 0 Å². The van der Waals surface area contributed by atoms with Crippen molar-refractivity contribution in [2.75, 3.05) is 24.2 Å². The van der Waals surface area contributed by atoms with Crippen molar-refractivity contribution < 1.29 is 13.2 Å². The van der Waals surface area contributed by atoms with E-state index >= 15 is 0 Å². The number of nitrogens with one attached hydrogen (secondary N) is 2. The van der Waals surface area contributed by atoms with Gasteiger partial charge in [0.15, 0.2) is 9.84 Å². The van der Waals surface area contributed by atoms with Gasteiger partial charge in [-0.1, -0.05) is 6.92 Å². The second kappa shape index (κ2) is 6.89. The molecular formula is C14H21N3O3S. The number of carbonyl (C=O) groups is 1. The Bertz CT molecular complexity index is 601. The molecule has 1 aliphatic heterocycles. The predicted octanol–water partition coefficient (Wildman–Crippen LogP) is 1.21. The monoisotopic (exact) mass is 311 g/mol. The van der Waals surface area contributed by atoms with Crippen LogP contribution in [0.5, 0.6) is 0 Å². The van der Waals surface area contributed by atoms with Gasteiger partial charge in [0.2, 0.25) is 0 Å². The van der Waals surface area contributed by atoms with Crippen molar-refractivity contribution in [3.8, 4) is 0 Å². The minimum absolute atomic E-state index is 0.177. The molecule has 0 aromatic carbocycles. The van der Waals surface area contributed by atoms with Gasteiger partial charge < -0.3 is 10.6 Å². The summed E-state index contributed by atoms with van der Waals surface area (Å²) in [5, 5.41) is 5.43. The molecule has 21 heavy (non-hydrogen) atoms. The number of carbonyl (C=O) groups excluding carboxylic acids is 1. The van der Waals surface area contributed by atoms with Gasteiger partial charge in [0.1, 0.15) is 0 Å². The normalized spacial score (nSPS) is 20.1. The highest BCUT2D eigenvalue weighted by Gasteiger charge is 2.31. The lowest BCUT2D eigenvalue weighted by molar-refractivity contribution is 0.0954. The Morgan fingerprint density at radius 3 is 2.95 bits per heavy atom. The highest BCUT2D eigenvalue weighted by Crippen LogP contribution is 2.19. The van der Waals surface area contributed by atoms with Crippen molar-refractivity contribution in [3.05, 3.63) is 24.0 Å². The number of rotatable bonds is 6. The average molecular weight is 311 g/mol. The first kappa shape index (κ1) is 15.8. The van der Waals surface area contributed by atoms with Gasteiger partial charge in [-0.15, -0.1) is 0 Å². The first-order valence-corrected chi connectivity index (χ1v) is 8.94. The molecule has 1 aliphatic rings. The maximum atomic E-state index is 12.2. The fourth-order valence-corrected chi connectivity index (χ4v) is 4.15. The van der Waals surface area contributed by atoms with Crippen LogP contribution in [0.2, 0.25) is 0 Å². The minimum atomic E-state index is -3.03. The molecule has 1 saturated heterocycles. The molecular weight excluding hydrogens is 290 g/mol. The first-order chi connectivity index (χ1) is 10.0. The zero-order valence-corrected chi connectivity index (χ0v) is 12.9. The molecule has 116 valence electrons. The summed E-state index contributed by atoms with van der Waals surface area (Å²) in [6.07, 6.45) is 5.41. The van der Waals surface area contributed by atoms with Gasteiger partial charge in [0, 0.05) is 19.3 Å². The van der Waals surface area contributed by atoms with E-state index < -0.39 is 15.1 Å². The van der Waals surface area contributed by atoms with E-state index in [1.165, 1.54) is 0 Å². The lowest BCUT2D eigenvalue weighted by atomic mass is 10.2. The number of sulfone groups is 1. The molecule has 0 saturated carbocycles. The lowest BCUT2D eigenvalue weighted by Crippen LogP contribution is -2.35. The lowest BCUT2D eigenvalue weighted by Gasteiger charge is -2.13. The van der Waals surface area contributed by atoms with Crippen LogP contribution in [0.15, 0.2) is 18.5 Å². The molecule has 1 unspecified atom stereocenters. The molecule has 1 fully saturated rings. The summed E-state index contributed by atoms with van der Waals surface area (Å²) < 4.78 is 23.5. The van der Waals surface area contributed by atoms with E-state index in [9.17, 15) is 13.2 Å².